The number of fused-ring (bicyclic) bond motifs is 1. The van der Waals surface area contributed by atoms with E-state index in [1.54, 1.807) is 0 Å². The van der Waals surface area contributed by atoms with Crippen LogP contribution in [0.15, 0.2) is 42.5 Å². The second kappa shape index (κ2) is 5.99. The third-order valence-corrected chi connectivity index (χ3v) is 5.26. The molecule has 2 saturated heterocycles. The van der Waals surface area contributed by atoms with Crippen LogP contribution in [0.2, 0.25) is 0 Å². The number of hydrogen-bond donors (Lipinski definition) is 0. The van der Waals surface area contributed by atoms with Crippen LogP contribution in [0.4, 0.5) is 0 Å². The summed E-state index contributed by atoms with van der Waals surface area (Å²) >= 11 is 0. The van der Waals surface area contributed by atoms with Gasteiger partial charge in [-0.1, -0.05) is 56.3 Å². The van der Waals surface area contributed by atoms with Crippen molar-refractivity contribution in [1.82, 2.24) is 4.90 Å². The molecule has 1 aromatic carbocycles. The standard InChI is InChI=1S/C20H23NO4/c1-13(2)10-21-12-20-9-8-15(25-20)16(17(20)18(21)22)19(23)24-11-14-6-4-3-5-7-14/h3-9,13,15-17H,10-12H2,1-2H3/t15-,16-,17-,20+/m1/s1. The van der Waals surface area contributed by atoms with Gasteiger partial charge in [-0.05, 0) is 11.5 Å². The van der Waals surface area contributed by atoms with Crippen molar-refractivity contribution in [2.75, 3.05) is 13.1 Å². The fraction of sp³-hybridized carbons (Fsp3) is 0.500. The maximum atomic E-state index is 12.9. The molecule has 1 aromatic rings. The highest BCUT2D eigenvalue weighted by Crippen LogP contribution is 2.52. The number of hydrogen-bond acceptors (Lipinski definition) is 4. The zero-order valence-electron chi connectivity index (χ0n) is 14.6. The summed E-state index contributed by atoms with van der Waals surface area (Å²) in [5.41, 5.74) is 0.289. The maximum absolute atomic E-state index is 12.9. The molecular weight excluding hydrogens is 318 g/mol. The molecule has 5 nitrogen and oxygen atoms in total. The van der Waals surface area contributed by atoms with Crippen LogP contribution in [-0.2, 0) is 25.7 Å². The van der Waals surface area contributed by atoms with Gasteiger partial charge in [-0.3, -0.25) is 9.59 Å². The zero-order chi connectivity index (χ0) is 17.6. The number of nitrogens with zero attached hydrogens (tertiary/aromatic N) is 1. The minimum Gasteiger partial charge on any atom is -0.460 e. The van der Waals surface area contributed by atoms with Crippen LogP contribution in [0.25, 0.3) is 0 Å². The Bertz CT molecular complexity index is 714. The molecule has 25 heavy (non-hydrogen) atoms. The molecule has 2 fully saturated rings. The van der Waals surface area contributed by atoms with Gasteiger partial charge in [0.05, 0.1) is 18.6 Å². The van der Waals surface area contributed by atoms with E-state index in [1.165, 1.54) is 0 Å². The van der Waals surface area contributed by atoms with Gasteiger partial charge in [0.25, 0.3) is 0 Å². The van der Waals surface area contributed by atoms with Gasteiger partial charge in [0.2, 0.25) is 5.91 Å². The zero-order valence-corrected chi connectivity index (χ0v) is 14.6. The third-order valence-electron chi connectivity index (χ3n) is 5.26. The Morgan fingerprint density at radius 3 is 2.84 bits per heavy atom. The molecule has 0 N–H and O–H groups in total. The number of carbonyl (C=O) groups excluding carboxylic acids is 2. The van der Waals surface area contributed by atoms with Crippen LogP contribution in [0.1, 0.15) is 19.4 Å². The lowest BCUT2D eigenvalue weighted by Crippen LogP contribution is -2.40. The fourth-order valence-electron chi connectivity index (χ4n) is 4.27. The smallest absolute Gasteiger partial charge is 0.313 e. The van der Waals surface area contributed by atoms with Crippen LogP contribution < -0.4 is 0 Å². The summed E-state index contributed by atoms with van der Waals surface area (Å²) in [6, 6.07) is 9.57. The molecule has 5 heteroatoms. The summed E-state index contributed by atoms with van der Waals surface area (Å²) in [7, 11) is 0. The average Bonchev–Trinajstić information content (AvgIpc) is 3.22. The topological polar surface area (TPSA) is 55.8 Å². The summed E-state index contributed by atoms with van der Waals surface area (Å²) in [6.07, 6.45) is 3.54. The SMILES string of the molecule is CC(C)CN1C[C@]23C=C[C@@H](O2)[C@@H](C(=O)OCc2ccccc2)[C@@H]3C1=O. The second-order valence-corrected chi connectivity index (χ2v) is 7.61. The molecule has 0 aromatic heterocycles. The summed E-state index contributed by atoms with van der Waals surface area (Å²) in [5.74, 6) is -0.946. The van der Waals surface area contributed by atoms with E-state index in [2.05, 4.69) is 13.8 Å². The largest absolute Gasteiger partial charge is 0.460 e. The quantitative estimate of drug-likeness (QED) is 0.608. The third kappa shape index (κ3) is 2.67. The van der Waals surface area contributed by atoms with Crippen molar-refractivity contribution in [3.8, 4) is 0 Å². The highest BCUT2D eigenvalue weighted by Gasteiger charge is 2.67. The Labute approximate surface area is 147 Å². The van der Waals surface area contributed by atoms with Gasteiger partial charge in [0.1, 0.15) is 18.1 Å². The second-order valence-electron chi connectivity index (χ2n) is 7.61. The van der Waals surface area contributed by atoms with Gasteiger partial charge in [-0.2, -0.15) is 0 Å². The highest BCUT2D eigenvalue weighted by atomic mass is 16.6. The van der Waals surface area contributed by atoms with Crippen LogP contribution in [-0.4, -0.2) is 41.6 Å². The van der Waals surface area contributed by atoms with Crippen LogP contribution in [0.5, 0.6) is 0 Å². The molecule has 1 spiro atoms. The molecule has 3 aliphatic heterocycles. The van der Waals surface area contributed by atoms with Crippen molar-refractivity contribution in [3.05, 3.63) is 48.0 Å². The molecule has 0 radical (unpaired) electrons. The Morgan fingerprint density at radius 2 is 2.12 bits per heavy atom. The van der Waals surface area contributed by atoms with Gasteiger partial charge in [0, 0.05) is 6.54 Å². The van der Waals surface area contributed by atoms with Crippen LogP contribution >= 0.6 is 0 Å². The van der Waals surface area contributed by atoms with E-state index in [-0.39, 0.29) is 24.6 Å². The molecular formula is C20H23NO4. The summed E-state index contributed by atoms with van der Waals surface area (Å²) in [6.45, 7) is 5.60. The first-order valence-corrected chi connectivity index (χ1v) is 8.87. The maximum Gasteiger partial charge on any atom is 0.313 e. The molecule has 2 bridgehead atoms. The van der Waals surface area contributed by atoms with Crippen molar-refractivity contribution < 1.29 is 19.1 Å². The van der Waals surface area contributed by atoms with Crippen LogP contribution in [0.3, 0.4) is 0 Å². The molecule has 1 amide bonds. The number of ether oxygens (including phenoxy) is 2. The lowest BCUT2D eigenvalue weighted by Gasteiger charge is -2.23. The normalized spacial score (nSPS) is 32.5. The molecule has 3 heterocycles. The fourth-order valence-corrected chi connectivity index (χ4v) is 4.27. The van der Waals surface area contributed by atoms with Gasteiger partial charge in [0.15, 0.2) is 0 Å². The molecule has 3 aliphatic rings. The van der Waals surface area contributed by atoms with E-state index in [0.29, 0.717) is 19.0 Å². The molecule has 4 rings (SSSR count). The van der Waals surface area contributed by atoms with E-state index in [1.807, 2.05) is 47.4 Å². The summed E-state index contributed by atoms with van der Waals surface area (Å²) < 4.78 is 11.6. The van der Waals surface area contributed by atoms with Crippen molar-refractivity contribution in [3.63, 3.8) is 0 Å². The van der Waals surface area contributed by atoms with E-state index in [0.717, 1.165) is 5.56 Å². The first-order valence-electron chi connectivity index (χ1n) is 8.87. The highest BCUT2D eigenvalue weighted by molar-refractivity contribution is 5.91. The molecule has 132 valence electrons. The molecule has 0 aliphatic carbocycles. The first-order chi connectivity index (χ1) is 12.0. The van der Waals surface area contributed by atoms with Crippen LogP contribution in [0, 0.1) is 17.8 Å². The van der Waals surface area contributed by atoms with Gasteiger partial charge < -0.3 is 14.4 Å². The van der Waals surface area contributed by atoms with E-state index in [9.17, 15) is 9.59 Å². The predicted molar refractivity (Wildman–Crippen MR) is 91.4 cm³/mol. The number of rotatable bonds is 5. The Kier molecular flexibility index (Phi) is 3.91. The lowest BCUT2D eigenvalue weighted by molar-refractivity contribution is -0.155. The van der Waals surface area contributed by atoms with E-state index >= 15 is 0 Å². The molecule has 4 atom stereocenters. The van der Waals surface area contributed by atoms with Gasteiger partial charge in [-0.25, -0.2) is 0 Å². The number of amides is 1. The minimum atomic E-state index is -0.646. The predicted octanol–water partition coefficient (Wildman–Crippen LogP) is 2.17. The first kappa shape index (κ1) is 16.3. The lowest BCUT2D eigenvalue weighted by atomic mass is 9.77. The Balaban J connectivity index is 1.50. The summed E-state index contributed by atoms with van der Waals surface area (Å²) in [5, 5.41) is 0. The molecule has 0 unspecified atom stereocenters. The average molecular weight is 341 g/mol. The van der Waals surface area contributed by atoms with E-state index < -0.39 is 17.4 Å². The number of esters is 1. The minimum absolute atomic E-state index is 0.0159. The number of likely N-dealkylation sites (tertiary alicyclic amines) is 1. The Hall–Kier alpha value is -2.14. The summed E-state index contributed by atoms with van der Waals surface area (Å²) in [4.78, 5) is 27.4. The van der Waals surface area contributed by atoms with Crippen molar-refractivity contribution in [1.29, 1.82) is 0 Å². The van der Waals surface area contributed by atoms with Gasteiger partial charge in [-0.15, -0.1) is 0 Å². The molecule has 0 saturated carbocycles. The monoisotopic (exact) mass is 341 g/mol. The van der Waals surface area contributed by atoms with Crippen molar-refractivity contribution in [2.24, 2.45) is 17.8 Å². The van der Waals surface area contributed by atoms with Crippen molar-refractivity contribution >= 4 is 11.9 Å². The van der Waals surface area contributed by atoms with E-state index in [4.69, 9.17) is 9.47 Å². The van der Waals surface area contributed by atoms with Gasteiger partial charge >= 0.3 is 5.97 Å². The Morgan fingerprint density at radius 1 is 1.36 bits per heavy atom. The number of benzene rings is 1. The number of carbonyl (C=O) groups is 2. The van der Waals surface area contributed by atoms with Crippen molar-refractivity contribution in [2.45, 2.75) is 32.2 Å².